The zero-order chi connectivity index (χ0) is 13.7. The molecular weight excluding hydrogens is 238 g/mol. The van der Waals surface area contributed by atoms with Crippen LogP contribution in [0.4, 0.5) is 10.5 Å². The van der Waals surface area contributed by atoms with Gasteiger partial charge in [-0.3, -0.25) is 0 Å². The van der Waals surface area contributed by atoms with Gasteiger partial charge in [0.1, 0.15) is 0 Å². The second-order valence-corrected chi connectivity index (χ2v) is 5.38. The van der Waals surface area contributed by atoms with E-state index in [1.807, 2.05) is 31.2 Å². The maximum Gasteiger partial charge on any atom is 0.319 e. The molecule has 0 bridgehead atoms. The van der Waals surface area contributed by atoms with Crippen LogP contribution in [0.15, 0.2) is 24.3 Å². The molecule has 19 heavy (non-hydrogen) atoms. The molecule has 104 valence electrons. The van der Waals surface area contributed by atoms with Gasteiger partial charge in [-0.15, -0.1) is 0 Å². The van der Waals surface area contributed by atoms with Gasteiger partial charge in [-0.2, -0.15) is 0 Å². The van der Waals surface area contributed by atoms with Crippen LogP contribution in [0.3, 0.4) is 0 Å². The number of aryl methyl sites for hydroxylation is 1. The van der Waals surface area contributed by atoms with Crippen molar-refractivity contribution in [1.29, 1.82) is 0 Å². The van der Waals surface area contributed by atoms with E-state index < -0.39 is 0 Å². The number of carbonyl (C=O) groups is 1. The monoisotopic (exact) mass is 261 g/mol. The minimum Gasteiger partial charge on any atom is -0.334 e. The molecule has 4 nitrogen and oxygen atoms in total. The number of carbonyl (C=O) groups excluding carboxylic acids is 1. The molecule has 0 heterocycles. The molecule has 0 saturated heterocycles. The minimum absolute atomic E-state index is 0.0748. The molecule has 1 fully saturated rings. The normalized spacial score (nSPS) is 23.5. The summed E-state index contributed by atoms with van der Waals surface area (Å²) >= 11 is 0. The van der Waals surface area contributed by atoms with E-state index in [1.54, 1.807) is 0 Å². The Morgan fingerprint density at radius 3 is 2.84 bits per heavy atom. The molecule has 4 N–H and O–H groups in total. The average Bonchev–Trinajstić information content (AvgIpc) is 2.55. The Morgan fingerprint density at radius 1 is 1.26 bits per heavy atom. The van der Waals surface area contributed by atoms with Crippen LogP contribution >= 0.6 is 0 Å². The summed E-state index contributed by atoms with van der Waals surface area (Å²) in [6.07, 6.45) is 5.49. The highest BCUT2D eigenvalue weighted by molar-refractivity contribution is 5.89. The molecule has 1 saturated carbocycles. The summed E-state index contributed by atoms with van der Waals surface area (Å²) in [5.41, 5.74) is 8.05. The number of hydrogen-bond acceptors (Lipinski definition) is 2. The summed E-state index contributed by atoms with van der Waals surface area (Å²) in [6, 6.07) is 7.78. The molecule has 4 heteroatoms. The van der Waals surface area contributed by atoms with E-state index in [2.05, 4.69) is 10.6 Å². The van der Waals surface area contributed by atoms with Gasteiger partial charge < -0.3 is 16.4 Å². The molecule has 2 amide bonds. The van der Waals surface area contributed by atoms with Gasteiger partial charge in [0.2, 0.25) is 0 Å². The van der Waals surface area contributed by atoms with Gasteiger partial charge in [0, 0.05) is 17.8 Å². The molecule has 1 aromatic carbocycles. The Morgan fingerprint density at radius 2 is 2.05 bits per heavy atom. The van der Waals surface area contributed by atoms with Crippen LogP contribution in [0.2, 0.25) is 0 Å². The molecule has 0 aromatic heterocycles. The largest absolute Gasteiger partial charge is 0.334 e. The highest BCUT2D eigenvalue weighted by atomic mass is 16.2. The lowest BCUT2D eigenvalue weighted by Gasteiger charge is -2.22. The zero-order valence-electron chi connectivity index (χ0n) is 11.5. The number of anilines is 1. The predicted octanol–water partition coefficient (Wildman–Crippen LogP) is 2.78. The van der Waals surface area contributed by atoms with Crippen LogP contribution in [-0.2, 0) is 0 Å². The maximum absolute atomic E-state index is 12.0. The molecular formula is C15H23N3O. The van der Waals surface area contributed by atoms with Crippen LogP contribution in [-0.4, -0.2) is 18.1 Å². The standard InChI is InChI=1S/C15H23N3O/c1-11-6-5-7-12(10-11)17-15(19)18-14-9-4-2-3-8-13(14)16/h5-7,10,13-14H,2-4,8-9,16H2,1H3,(H2,17,18,19). The van der Waals surface area contributed by atoms with Crippen LogP contribution in [0.1, 0.15) is 37.7 Å². The first-order valence-electron chi connectivity index (χ1n) is 7.05. The number of benzene rings is 1. The molecule has 2 atom stereocenters. The summed E-state index contributed by atoms with van der Waals surface area (Å²) in [4.78, 5) is 12.0. The first-order chi connectivity index (χ1) is 9.15. The van der Waals surface area contributed by atoms with E-state index in [0.717, 1.165) is 30.5 Å². The molecule has 0 spiro atoms. The van der Waals surface area contributed by atoms with Crippen molar-refractivity contribution >= 4 is 11.7 Å². The molecule has 1 aliphatic rings. The topological polar surface area (TPSA) is 67.2 Å². The van der Waals surface area contributed by atoms with Crippen molar-refractivity contribution in [3.8, 4) is 0 Å². The van der Waals surface area contributed by atoms with Crippen molar-refractivity contribution in [3.05, 3.63) is 29.8 Å². The highest BCUT2D eigenvalue weighted by Gasteiger charge is 2.21. The van der Waals surface area contributed by atoms with Gasteiger partial charge in [0.05, 0.1) is 0 Å². The van der Waals surface area contributed by atoms with Crippen molar-refractivity contribution in [3.63, 3.8) is 0 Å². The van der Waals surface area contributed by atoms with Gasteiger partial charge in [-0.25, -0.2) is 4.79 Å². The first-order valence-corrected chi connectivity index (χ1v) is 7.05. The van der Waals surface area contributed by atoms with Crippen molar-refractivity contribution < 1.29 is 4.79 Å². The van der Waals surface area contributed by atoms with Crippen LogP contribution in [0.5, 0.6) is 0 Å². The van der Waals surface area contributed by atoms with Crippen molar-refractivity contribution in [1.82, 2.24) is 5.32 Å². The summed E-state index contributed by atoms with van der Waals surface area (Å²) in [6.45, 7) is 2.00. The minimum atomic E-state index is -0.159. The number of hydrogen-bond donors (Lipinski definition) is 3. The van der Waals surface area contributed by atoms with E-state index in [1.165, 1.54) is 12.8 Å². The fraction of sp³-hybridized carbons (Fsp3) is 0.533. The smallest absolute Gasteiger partial charge is 0.319 e. The van der Waals surface area contributed by atoms with Crippen LogP contribution in [0.25, 0.3) is 0 Å². The van der Waals surface area contributed by atoms with Crippen LogP contribution < -0.4 is 16.4 Å². The van der Waals surface area contributed by atoms with Crippen LogP contribution in [0, 0.1) is 6.92 Å². The molecule has 1 aliphatic carbocycles. The number of nitrogens with two attached hydrogens (primary N) is 1. The van der Waals surface area contributed by atoms with E-state index in [-0.39, 0.29) is 18.1 Å². The van der Waals surface area contributed by atoms with E-state index in [0.29, 0.717) is 0 Å². The van der Waals surface area contributed by atoms with Gasteiger partial charge in [-0.05, 0) is 37.5 Å². The van der Waals surface area contributed by atoms with E-state index in [4.69, 9.17) is 5.73 Å². The lowest BCUT2D eigenvalue weighted by atomic mass is 10.0. The Bertz CT molecular complexity index is 433. The Kier molecular flexibility index (Phi) is 4.80. The number of urea groups is 1. The van der Waals surface area contributed by atoms with Crippen molar-refractivity contribution in [2.45, 2.75) is 51.1 Å². The van der Waals surface area contributed by atoms with E-state index in [9.17, 15) is 4.79 Å². The SMILES string of the molecule is Cc1cccc(NC(=O)NC2CCCCCC2N)c1. The van der Waals surface area contributed by atoms with Gasteiger partial charge >= 0.3 is 6.03 Å². The van der Waals surface area contributed by atoms with Crippen molar-refractivity contribution in [2.75, 3.05) is 5.32 Å². The second-order valence-electron chi connectivity index (χ2n) is 5.38. The molecule has 1 aromatic rings. The number of nitrogens with one attached hydrogen (secondary N) is 2. The first kappa shape index (κ1) is 13.9. The van der Waals surface area contributed by atoms with E-state index >= 15 is 0 Å². The molecule has 0 radical (unpaired) electrons. The fourth-order valence-electron chi connectivity index (χ4n) is 2.57. The Hall–Kier alpha value is -1.55. The zero-order valence-corrected chi connectivity index (χ0v) is 11.5. The highest BCUT2D eigenvalue weighted by Crippen LogP contribution is 2.17. The average molecular weight is 261 g/mol. The third-order valence-corrected chi connectivity index (χ3v) is 3.66. The summed E-state index contributed by atoms with van der Waals surface area (Å²) in [7, 11) is 0. The maximum atomic E-state index is 12.0. The summed E-state index contributed by atoms with van der Waals surface area (Å²) in [5, 5.41) is 5.87. The molecule has 2 rings (SSSR count). The lowest BCUT2D eigenvalue weighted by molar-refractivity contribution is 0.245. The Labute approximate surface area is 114 Å². The molecule has 2 unspecified atom stereocenters. The quantitative estimate of drug-likeness (QED) is 0.717. The Balaban J connectivity index is 1.89. The summed E-state index contributed by atoms with van der Waals surface area (Å²) < 4.78 is 0. The number of rotatable bonds is 2. The van der Waals surface area contributed by atoms with Crippen molar-refractivity contribution in [2.24, 2.45) is 5.73 Å². The third kappa shape index (κ3) is 4.24. The predicted molar refractivity (Wildman–Crippen MR) is 78.2 cm³/mol. The lowest BCUT2D eigenvalue weighted by Crippen LogP contribution is -2.48. The van der Waals surface area contributed by atoms with Gasteiger partial charge in [-0.1, -0.05) is 31.4 Å². The summed E-state index contributed by atoms with van der Waals surface area (Å²) in [5.74, 6) is 0. The third-order valence-electron chi connectivity index (χ3n) is 3.66. The van der Waals surface area contributed by atoms with Gasteiger partial charge in [0.25, 0.3) is 0 Å². The van der Waals surface area contributed by atoms with Gasteiger partial charge in [0.15, 0.2) is 0 Å². The second kappa shape index (κ2) is 6.57. The molecule has 0 aliphatic heterocycles. The number of amides is 2. The fourth-order valence-corrected chi connectivity index (χ4v) is 2.57.